The fourth-order valence-corrected chi connectivity index (χ4v) is 3.06. The molecule has 1 fully saturated rings. The molecule has 7 nitrogen and oxygen atoms in total. The summed E-state index contributed by atoms with van der Waals surface area (Å²) in [5.74, 6) is 1.03. The molecule has 0 radical (unpaired) electrons. The van der Waals surface area contributed by atoms with Crippen molar-refractivity contribution in [2.45, 2.75) is 13.0 Å². The molecule has 1 saturated heterocycles. The lowest BCUT2D eigenvalue weighted by Crippen LogP contribution is -2.47. The molecule has 0 saturated carbocycles. The highest BCUT2D eigenvalue weighted by Gasteiger charge is 2.18. The Morgan fingerprint density at radius 3 is 2.70 bits per heavy atom. The average Bonchev–Trinajstić information content (AvgIpc) is 3.26. The Hall–Kier alpha value is -2.41. The van der Waals surface area contributed by atoms with E-state index in [4.69, 9.17) is 0 Å². The van der Waals surface area contributed by atoms with E-state index in [2.05, 4.69) is 31.0 Å². The van der Waals surface area contributed by atoms with E-state index in [9.17, 15) is 0 Å². The summed E-state index contributed by atoms with van der Waals surface area (Å²) in [5, 5.41) is 8.88. The number of hydrogen-bond donors (Lipinski definition) is 0. The molecule has 3 aromatic heterocycles. The highest BCUT2D eigenvalue weighted by Crippen LogP contribution is 2.14. The van der Waals surface area contributed by atoms with Crippen molar-refractivity contribution in [3.8, 4) is 0 Å². The smallest absolute Gasteiger partial charge is 0.153 e. The maximum Gasteiger partial charge on any atom is 0.153 e. The van der Waals surface area contributed by atoms with E-state index in [1.807, 2.05) is 39.9 Å². The molecule has 1 aliphatic heterocycles. The SMILES string of the molecule is c1cnn(CCCN2CCN(c3ccc4nccn4n3)CC2)c1. The van der Waals surface area contributed by atoms with E-state index in [-0.39, 0.29) is 0 Å². The second-order valence-electron chi connectivity index (χ2n) is 5.87. The van der Waals surface area contributed by atoms with Gasteiger partial charge >= 0.3 is 0 Å². The normalized spacial score (nSPS) is 16.3. The van der Waals surface area contributed by atoms with Crippen LogP contribution in [0, 0.1) is 0 Å². The molecule has 0 atom stereocenters. The summed E-state index contributed by atoms with van der Waals surface area (Å²) >= 11 is 0. The Morgan fingerprint density at radius 1 is 0.957 bits per heavy atom. The van der Waals surface area contributed by atoms with Gasteiger partial charge < -0.3 is 4.90 Å². The topological polar surface area (TPSA) is 54.5 Å². The summed E-state index contributed by atoms with van der Waals surface area (Å²) in [6.07, 6.45) is 8.67. The van der Waals surface area contributed by atoms with Crippen LogP contribution in [0.15, 0.2) is 43.0 Å². The van der Waals surface area contributed by atoms with Gasteiger partial charge in [0.25, 0.3) is 0 Å². The summed E-state index contributed by atoms with van der Waals surface area (Å²) in [6.45, 7) is 6.34. The van der Waals surface area contributed by atoms with Crippen LogP contribution in [0.5, 0.6) is 0 Å². The molecule has 0 amide bonds. The van der Waals surface area contributed by atoms with Gasteiger partial charge in [0.15, 0.2) is 5.65 Å². The van der Waals surface area contributed by atoms with Gasteiger partial charge in [-0.05, 0) is 24.6 Å². The third-order valence-electron chi connectivity index (χ3n) is 4.36. The molecule has 4 rings (SSSR count). The first-order chi connectivity index (χ1) is 11.4. The van der Waals surface area contributed by atoms with Crippen molar-refractivity contribution >= 4 is 11.5 Å². The fourth-order valence-electron chi connectivity index (χ4n) is 3.06. The van der Waals surface area contributed by atoms with Crippen molar-refractivity contribution in [2.75, 3.05) is 37.6 Å². The lowest BCUT2D eigenvalue weighted by molar-refractivity contribution is 0.248. The van der Waals surface area contributed by atoms with Gasteiger partial charge in [-0.2, -0.15) is 5.10 Å². The van der Waals surface area contributed by atoms with Crippen LogP contribution in [0.2, 0.25) is 0 Å². The van der Waals surface area contributed by atoms with E-state index < -0.39 is 0 Å². The average molecular weight is 311 g/mol. The van der Waals surface area contributed by atoms with Gasteiger partial charge in [-0.15, -0.1) is 5.10 Å². The zero-order valence-electron chi connectivity index (χ0n) is 13.1. The highest BCUT2D eigenvalue weighted by molar-refractivity contribution is 5.46. The van der Waals surface area contributed by atoms with E-state index in [0.717, 1.165) is 57.2 Å². The monoisotopic (exact) mass is 311 g/mol. The second kappa shape index (κ2) is 6.37. The van der Waals surface area contributed by atoms with Crippen LogP contribution in [-0.4, -0.2) is 62.0 Å². The molecular formula is C16H21N7. The Labute approximate surface area is 135 Å². The molecule has 0 aromatic carbocycles. The number of rotatable bonds is 5. The second-order valence-corrected chi connectivity index (χ2v) is 5.87. The third kappa shape index (κ3) is 3.19. The number of fused-ring (bicyclic) bond motifs is 1. The molecule has 0 spiro atoms. The number of hydrogen-bond acceptors (Lipinski definition) is 5. The zero-order chi connectivity index (χ0) is 15.5. The van der Waals surface area contributed by atoms with Crippen LogP contribution in [0.25, 0.3) is 5.65 Å². The van der Waals surface area contributed by atoms with Crippen LogP contribution in [0.3, 0.4) is 0 Å². The number of piperazine rings is 1. The predicted molar refractivity (Wildman–Crippen MR) is 88.5 cm³/mol. The Kier molecular flexibility index (Phi) is 3.94. The molecule has 7 heteroatoms. The minimum atomic E-state index is 0.894. The number of nitrogens with zero attached hydrogens (tertiary/aromatic N) is 7. The minimum absolute atomic E-state index is 0.894. The van der Waals surface area contributed by atoms with Gasteiger partial charge in [0.2, 0.25) is 0 Å². The third-order valence-corrected chi connectivity index (χ3v) is 4.36. The van der Waals surface area contributed by atoms with Gasteiger partial charge in [0, 0.05) is 64.1 Å². The quantitative estimate of drug-likeness (QED) is 0.707. The van der Waals surface area contributed by atoms with Crippen LogP contribution in [0.4, 0.5) is 5.82 Å². The maximum atomic E-state index is 4.63. The molecule has 1 aliphatic rings. The summed E-state index contributed by atoms with van der Waals surface area (Å²) < 4.78 is 3.84. The lowest BCUT2D eigenvalue weighted by Gasteiger charge is -2.35. The maximum absolute atomic E-state index is 4.63. The van der Waals surface area contributed by atoms with E-state index in [0.29, 0.717) is 0 Å². The number of aryl methyl sites for hydroxylation is 1. The summed E-state index contributed by atoms with van der Waals surface area (Å²) in [5.41, 5.74) is 0.894. The first-order valence-corrected chi connectivity index (χ1v) is 8.14. The zero-order valence-corrected chi connectivity index (χ0v) is 13.1. The van der Waals surface area contributed by atoms with Gasteiger partial charge in [-0.1, -0.05) is 0 Å². The van der Waals surface area contributed by atoms with Crippen LogP contribution in [0.1, 0.15) is 6.42 Å². The first kappa shape index (κ1) is 14.2. The van der Waals surface area contributed by atoms with Crippen LogP contribution >= 0.6 is 0 Å². The van der Waals surface area contributed by atoms with Crippen molar-refractivity contribution in [3.63, 3.8) is 0 Å². The predicted octanol–water partition coefficient (Wildman–Crippen LogP) is 1.14. The van der Waals surface area contributed by atoms with Crippen molar-refractivity contribution < 1.29 is 0 Å². The van der Waals surface area contributed by atoms with Crippen molar-refractivity contribution in [3.05, 3.63) is 43.0 Å². The van der Waals surface area contributed by atoms with E-state index >= 15 is 0 Å². The van der Waals surface area contributed by atoms with Gasteiger partial charge in [0.1, 0.15) is 5.82 Å². The molecule has 4 heterocycles. The lowest BCUT2D eigenvalue weighted by atomic mass is 10.3. The van der Waals surface area contributed by atoms with Gasteiger partial charge in [0.05, 0.1) is 0 Å². The molecular weight excluding hydrogens is 290 g/mol. The standard InChI is InChI=1S/C16H21N7/c1-5-18-22(8-1)9-2-7-20-11-13-21(14-12-20)16-4-3-15-17-6-10-23(15)19-16/h1,3-6,8,10H,2,7,9,11-14H2. The largest absolute Gasteiger partial charge is 0.353 e. The molecule has 23 heavy (non-hydrogen) atoms. The molecule has 0 aliphatic carbocycles. The van der Waals surface area contributed by atoms with E-state index in [1.54, 1.807) is 6.20 Å². The molecule has 0 unspecified atom stereocenters. The minimum Gasteiger partial charge on any atom is -0.353 e. The van der Waals surface area contributed by atoms with Crippen molar-refractivity contribution in [1.29, 1.82) is 0 Å². The first-order valence-electron chi connectivity index (χ1n) is 8.14. The number of aromatic nitrogens is 5. The molecule has 3 aromatic rings. The van der Waals surface area contributed by atoms with Gasteiger partial charge in [-0.25, -0.2) is 9.50 Å². The van der Waals surface area contributed by atoms with Crippen molar-refractivity contribution in [1.82, 2.24) is 29.3 Å². The van der Waals surface area contributed by atoms with Crippen LogP contribution < -0.4 is 4.90 Å². The highest BCUT2D eigenvalue weighted by atomic mass is 15.4. The number of anilines is 1. The van der Waals surface area contributed by atoms with E-state index in [1.165, 1.54) is 0 Å². The number of imidazole rings is 1. The Morgan fingerprint density at radius 2 is 1.87 bits per heavy atom. The van der Waals surface area contributed by atoms with Crippen LogP contribution in [-0.2, 0) is 6.54 Å². The molecule has 0 N–H and O–H groups in total. The Balaban J connectivity index is 1.28. The Bertz CT molecular complexity index is 741. The molecule has 120 valence electrons. The summed E-state index contributed by atoms with van der Waals surface area (Å²) in [7, 11) is 0. The van der Waals surface area contributed by atoms with Gasteiger partial charge in [-0.3, -0.25) is 9.58 Å². The fraction of sp³-hybridized carbons (Fsp3) is 0.438. The molecule has 0 bridgehead atoms. The summed E-state index contributed by atoms with van der Waals surface area (Å²) in [4.78, 5) is 9.11. The summed E-state index contributed by atoms with van der Waals surface area (Å²) in [6, 6.07) is 6.07. The van der Waals surface area contributed by atoms with Crippen molar-refractivity contribution in [2.24, 2.45) is 0 Å².